The van der Waals surface area contributed by atoms with Gasteiger partial charge in [0, 0.05) is 19.1 Å². The van der Waals surface area contributed by atoms with E-state index in [-0.39, 0.29) is 39.9 Å². The summed E-state index contributed by atoms with van der Waals surface area (Å²) < 4.78 is 50.5. The first-order chi connectivity index (χ1) is 10.7. The Bertz CT molecular complexity index is 746. The van der Waals surface area contributed by atoms with Crippen LogP contribution in [0.25, 0.3) is 0 Å². The molecule has 2 N–H and O–H groups in total. The van der Waals surface area contributed by atoms with Crippen LogP contribution in [0.1, 0.15) is 26.7 Å². The van der Waals surface area contributed by atoms with Gasteiger partial charge in [-0.2, -0.15) is 4.31 Å². The van der Waals surface area contributed by atoms with Crippen molar-refractivity contribution in [3.05, 3.63) is 24.3 Å². The summed E-state index contributed by atoms with van der Waals surface area (Å²) in [5, 5.41) is 0. The summed E-state index contributed by atoms with van der Waals surface area (Å²) in [7, 11) is -6.94. The number of sulfone groups is 1. The Morgan fingerprint density at radius 1 is 1.17 bits per heavy atom. The van der Waals surface area contributed by atoms with Gasteiger partial charge in [0.2, 0.25) is 10.0 Å². The highest BCUT2D eigenvalue weighted by Gasteiger charge is 2.31. The molecule has 2 rings (SSSR count). The van der Waals surface area contributed by atoms with Gasteiger partial charge in [0.1, 0.15) is 0 Å². The van der Waals surface area contributed by atoms with Crippen LogP contribution >= 0.6 is 12.4 Å². The minimum Gasteiger partial charge on any atom is -0.328 e. The Morgan fingerprint density at radius 2 is 1.71 bits per heavy atom. The summed E-state index contributed by atoms with van der Waals surface area (Å²) in [5.41, 5.74) is 5.91. The lowest BCUT2D eigenvalue weighted by Crippen LogP contribution is -2.44. The summed E-state index contributed by atoms with van der Waals surface area (Å²) in [6.45, 7) is 4.34. The molecule has 6 nitrogen and oxygen atoms in total. The van der Waals surface area contributed by atoms with Crippen LogP contribution in [0.2, 0.25) is 0 Å². The van der Waals surface area contributed by atoms with Crippen molar-refractivity contribution in [1.29, 1.82) is 0 Å². The van der Waals surface area contributed by atoms with Gasteiger partial charge in [-0.25, -0.2) is 16.8 Å². The third kappa shape index (κ3) is 4.49. The molecule has 2 atom stereocenters. The largest absolute Gasteiger partial charge is 0.328 e. The summed E-state index contributed by atoms with van der Waals surface area (Å²) in [6, 6.07) is 5.41. The Kier molecular flexibility index (Phi) is 7.25. The van der Waals surface area contributed by atoms with Crippen LogP contribution in [0.4, 0.5) is 0 Å². The number of hydrogen-bond acceptors (Lipinski definition) is 5. The molecule has 0 bridgehead atoms. The van der Waals surface area contributed by atoms with Gasteiger partial charge >= 0.3 is 0 Å². The zero-order chi connectivity index (χ0) is 17.3. The molecule has 0 aliphatic carbocycles. The molecule has 1 aliphatic heterocycles. The molecule has 138 valence electrons. The maximum absolute atomic E-state index is 12.7. The van der Waals surface area contributed by atoms with Crippen molar-refractivity contribution in [3.8, 4) is 0 Å². The van der Waals surface area contributed by atoms with E-state index in [2.05, 4.69) is 0 Å². The van der Waals surface area contributed by atoms with E-state index in [4.69, 9.17) is 5.73 Å². The average Bonchev–Trinajstić information content (AvgIpc) is 2.55. The summed E-state index contributed by atoms with van der Waals surface area (Å²) in [6.07, 6.45) is 1.71. The Hall–Kier alpha value is -0.670. The van der Waals surface area contributed by atoms with Crippen LogP contribution in [0.5, 0.6) is 0 Å². The van der Waals surface area contributed by atoms with Gasteiger partial charge in [-0.15, -0.1) is 12.4 Å². The molecular formula is C15H25ClN2O4S2. The first-order valence-corrected chi connectivity index (χ1v) is 10.9. The number of sulfonamides is 1. The van der Waals surface area contributed by atoms with E-state index in [0.29, 0.717) is 13.1 Å². The second-order valence-electron chi connectivity index (χ2n) is 6.00. The molecule has 0 aromatic heterocycles. The smallest absolute Gasteiger partial charge is 0.243 e. The molecular weight excluding hydrogens is 372 g/mol. The lowest BCUT2D eigenvalue weighted by atomic mass is 9.93. The molecule has 1 saturated heterocycles. The number of rotatable bonds is 5. The summed E-state index contributed by atoms with van der Waals surface area (Å²) in [4.78, 5) is 0.268. The fraction of sp³-hybridized carbons (Fsp3) is 0.600. The van der Waals surface area contributed by atoms with E-state index in [1.54, 1.807) is 6.92 Å². The Labute approximate surface area is 150 Å². The van der Waals surface area contributed by atoms with Crippen LogP contribution in [0.3, 0.4) is 0 Å². The molecule has 2 unspecified atom stereocenters. The Morgan fingerprint density at radius 3 is 2.21 bits per heavy atom. The third-order valence-corrected chi connectivity index (χ3v) is 7.99. The van der Waals surface area contributed by atoms with Crippen molar-refractivity contribution in [2.24, 2.45) is 11.7 Å². The van der Waals surface area contributed by atoms with Crippen LogP contribution in [0, 0.1) is 5.92 Å². The van der Waals surface area contributed by atoms with Gasteiger partial charge in [-0.1, -0.05) is 6.92 Å². The Balaban J connectivity index is 0.00000288. The topological polar surface area (TPSA) is 97.5 Å². The van der Waals surface area contributed by atoms with Crippen molar-refractivity contribution >= 4 is 32.3 Å². The lowest BCUT2D eigenvalue weighted by Gasteiger charge is -2.33. The number of hydrogen-bond donors (Lipinski definition) is 1. The standard InChI is InChI=1S/C15H24N2O4S2.ClH/c1-3-22(18,19)14-6-8-15(9-7-14)23(20,21)17-10-4-5-13(11-17)12(2)16;/h6-9,12-13H,3-5,10-11,16H2,1-2H3;1H. The van der Waals surface area contributed by atoms with Gasteiger partial charge in [-0.3, -0.25) is 0 Å². The molecule has 0 saturated carbocycles. The number of nitrogens with two attached hydrogens (primary N) is 1. The fourth-order valence-electron chi connectivity index (χ4n) is 2.76. The van der Waals surface area contributed by atoms with Gasteiger partial charge < -0.3 is 5.73 Å². The summed E-state index contributed by atoms with van der Waals surface area (Å²) in [5.74, 6) is 0.139. The average molecular weight is 397 g/mol. The number of nitrogens with zero attached hydrogens (tertiary/aromatic N) is 1. The van der Waals surface area contributed by atoms with E-state index in [9.17, 15) is 16.8 Å². The number of piperidine rings is 1. The van der Waals surface area contributed by atoms with Crippen LogP contribution < -0.4 is 5.73 Å². The SMILES string of the molecule is CCS(=O)(=O)c1ccc(S(=O)(=O)N2CCCC(C(C)N)C2)cc1.Cl. The summed E-state index contributed by atoms with van der Waals surface area (Å²) >= 11 is 0. The first kappa shape index (κ1) is 21.4. The molecule has 0 radical (unpaired) electrons. The molecule has 0 spiro atoms. The van der Waals surface area contributed by atoms with E-state index < -0.39 is 19.9 Å². The maximum Gasteiger partial charge on any atom is 0.243 e. The number of benzene rings is 1. The van der Waals surface area contributed by atoms with Crippen molar-refractivity contribution in [1.82, 2.24) is 4.31 Å². The number of halogens is 1. The molecule has 1 heterocycles. The van der Waals surface area contributed by atoms with E-state index in [1.807, 2.05) is 6.92 Å². The van der Waals surface area contributed by atoms with Gasteiger partial charge in [0.15, 0.2) is 9.84 Å². The van der Waals surface area contributed by atoms with Crippen LogP contribution in [-0.2, 0) is 19.9 Å². The van der Waals surface area contributed by atoms with Crippen molar-refractivity contribution in [3.63, 3.8) is 0 Å². The van der Waals surface area contributed by atoms with Crippen molar-refractivity contribution in [2.75, 3.05) is 18.8 Å². The maximum atomic E-state index is 12.7. The van der Waals surface area contributed by atoms with Gasteiger partial charge in [0.05, 0.1) is 15.5 Å². The highest BCUT2D eigenvalue weighted by Crippen LogP contribution is 2.25. The zero-order valence-corrected chi connectivity index (χ0v) is 16.3. The van der Waals surface area contributed by atoms with Gasteiger partial charge in [0.25, 0.3) is 0 Å². The molecule has 1 aromatic carbocycles. The predicted octanol–water partition coefficient (Wildman–Crippen LogP) is 1.65. The van der Waals surface area contributed by atoms with Crippen LogP contribution in [-0.4, -0.2) is 46.0 Å². The molecule has 9 heteroatoms. The lowest BCUT2D eigenvalue weighted by molar-refractivity contribution is 0.243. The monoisotopic (exact) mass is 396 g/mol. The second-order valence-corrected chi connectivity index (χ2v) is 10.2. The van der Waals surface area contributed by atoms with Crippen molar-refractivity contribution in [2.45, 2.75) is 42.5 Å². The first-order valence-electron chi connectivity index (χ1n) is 7.77. The van der Waals surface area contributed by atoms with E-state index >= 15 is 0 Å². The minimum absolute atomic E-state index is 0. The van der Waals surface area contributed by atoms with Crippen LogP contribution in [0.15, 0.2) is 34.1 Å². The van der Waals surface area contributed by atoms with Gasteiger partial charge in [-0.05, 0) is 49.9 Å². The molecule has 1 aliphatic rings. The molecule has 24 heavy (non-hydrogen) atoms. The highest BCUT2D eigenvalue weighted by atomic mass is 35.5. The minimum atomic E-state index is -3.61. The molecule has 1 fully saturated rings. The third-order valence-electron chi connectivity index (χ3n) is 4.36. The highest BCUT2D eigenvalue weighted by molar-refractivity contribution is 7.91. The van der Waals surface area contributed by atoms with E-state index in [1.165, 1.54) is 28.6 Å². The fourth-order valence-corrected chi connectivity index (χ4v) is 5.18. The molecule has 0 amide bonds. The predicted molar refractivity (Wildman–Crippen MR) is 96.5 cm³/mol. The molecule has 1 aromatic rings. The second kappa shape index (κ2) is 8.14. The normalized spacial score (nSPS) is 21.0. The quantitative estimate of drug-likeness (QED) is 0.815. The van der Waals surface area contributed by atoms with E-state index in [0.717, 1.165) is 12.8 Å². The zero-order valence-electron chi connectivity index (χ0n) is 13.9. The van der Waals surface area contributed by atoms with Crippen molar-refractivity contribution < 1.29 is 16.8 Å².